The first-order valence-corrected chi connectivity index (χ1v) is 24.8. The van der Waals surface area contributed by atoms with Crippen LogP contribution in [0, 0.1) is 20.8 Å². The molecule has 364 valence electrons. The molecule has 5 aromatic rings. The number of carbonyl (C=O) groups excluding carboxylic acids is 4. The number of aliphatic imine (C=N–C) groups is 1. The lowest BCUT2D eigenvalue weighted by atomic mass is 9.88. The second kappa shape index (κ2) is 23.8. The molecule has 6 rings (SSSR count). The molecule has 6 N–H and O–H groups in total. The first kappa shape index (κ1) is 51.4. The van der Waals surface area contributed by atoms with E-state index in [1.165, 1.54) is 0 Å². The Morgan fingerprint density at radius 1 is 0.681 bits per heavy atom. The standard InChI is InChI=1S/C54H64N6O8S/c1-36-37(2)49(38(3)43-29-30-54(4,5)68-48(36)43)69(65,66)60-52(55)56-31-19-18-28-44(47(61)34-41-24-14-8-15-25-41)57-50(62)45(32-39-20-10-6-11-21-39)58-51(63)46(33-40-22-12-7-13-23-40)59-53(64)67-35-42-26-16-9-17-27-42/h6-17,20-27,44-46H,18-19,28-35H2,1-5H3,(H,57,62)(H,58,63)(H,59,64)(H3,55,56,60)/t44-,45-,46+/m0/s1. The van der Waals surface area contributed by atoms with Gasteiger partial charge in [-0.15, -0.1) is 0 Å². The van der Waals surface area contributed by atoms with Crippen LogP contribution in [-0.2, 0) is 61.4 Å². The molecule has 1 aliphatic rings. The highest BCUT2D eigenvalue weighted by Crippen LogP contribution is 2.42. The number of hydrogen-bond donors (Lipinski definition) is 5. The van der Waals surface area contributed by atoms with Crippen molar-refractivity contribution in [1.29, 1.82) is 0 Å². The van der Waals surface area contributed by atoms with Crippen molar-refractivity contribution >= 4 is 39.7 Å². The van der Waals surface area contributed by atoms with Crippen LogP contribution in [0.5, 0.6) is 5.75 Å². The molecule has 14 nitrogen and oxygen atoms in total. The van der Waals surface area contributed by atoms with Gasteiger partial charge in [0, 0.05) is 25.8 Å². The number of benzene rings is 5. The zero-order valence-electron chi connectivity index (χ0n) is 40.0. The minimum absolute atomic E-state index is 0.00744. The molecule has 1 heterocycles. The molecule has 0 aromatic heterocycles. The van der Waals surface area contributed by atoms with Crippen LogP contribution in [0.2, 0.25) is 0 Å². The molecule has 3 atom stereocenters. The zero-order valence-corrected chi connectivity index (χ0v) is 40.9. The minimum atomic E-state index is -4.11. The Hall–Kier alpha value is -7.00. The van der Waals surface area contributed by atoms with Gasteiger partial charge in [-0.1, -0.05) is 121 Å². The fourth-order valence-electron chi connectivity index (χ4n) is 8.44. The predicted octanol–water partition coefficient (Wildman–Crippen LogP) is 7.04. The van der Waals surface area contributed by atoms with Gasteiger partial charge in [0.2, 0.25) is 17.8 Å². The van der Waals surface area contributed by atoms with Gasteiger partial charge in [-0.2, -0.15) is 0 Å². The number of sulfonamides is 1. The Balaban J connectivity index is 1.15. The lowest BCUT2D eigenvalue weighted by Crippen LogP contribution is -2.57. The zero-order chi connectivity index (χ0) is 49.6. The number of ether oxygens (including phenoxy) is 2. The summed E-state index contributed by atoms with van der Waals surface area (Å²) >= 11 is 0. The van der Waals surface area contributed by atoms with E-state index in [-0.39, 0.29) is 61.1 Å². The molecule has 0 radical (unpaired) electrons. The molecular formula is C54H64N6O8S. The molecule has 0 unspecified atom stereocenters. The minimum Gasteiger partial charge on any atom is -0.487 e. The van der Waals surface area contributed by atoms with E-state index in [1.54, 1.807) is 13.8 Å². The SMILES string of the molecule is Cc1c(C)c(S(=O)(=O)NC(N)=NCCCC[C@H](NC(=O)[C@H](Cc2ccccc2)NC(=O)[C@@H](Cc2ccccc2)NC(=O)OCc2ccccc2)C(=O)Cc2ccccc2)c(C)c2c1OC(C)(C)CC2. The average molecular weight is 957 g/mol. The molecule has 0 spiro atoms. The van der Waals surface area contributed by atoms with Gasteiger partial charge in [0.05, 0.1) is 10.9 Å². The van der Waals surface area contributed by atoms with Crippen molar-refractivity contribution < 1.29 is 37.1 Å². The Morgan fingerprint density at radius 3 is 1.75 bits per heavy atom. The molecule has 5 aromatic carbocycles. The number of nitrogens with two attached hydrogens (primary N) is 1. The highest BCUT2D eigenvalue weighted by molar-refractivity contribution is 7.90. The highest BCUT2D eigenvalue weighted by Gasteiger charge is 2.34. The number of nitrogens with zero attached hydrogens (tertiary/aromatic N) is 1. The summed E-state index contributed by atoms with van der Waals surface area (Å²) in [6, 6.07) is 33.5. The summed E-state index contributed by atoms with van der Waals surface area (Å²) in [5, 5.41) is 8.52. The number of guanidine groups is 1. The van der Waals surface area contributed by atoms with Crippen LogP contribution in [0.1, 0.15) is 84.0 Å². The molecule has 0 fully saturated rings. The smallest absolute Gasteiger partial charge is 0.408 e. The topological polar surface area (TPSA) is 207 Å². The van der Waals surface area contributed by atoms with Gasteiger partial charge < -0.3 is 31.2 Å². The fourth-order valence-corrected chi connectivity index (χ4v) is 9.96. The summed E-state index contributed by atoms with van der Waals surface area (Å²) in [6.45, 7) is 9.58. The van der Waals surface area contributed by atoms with Crippen LogP contribution in [0.15, 0.2) is 131 Å². The molecule has 3 amide bonds. The van der Waals surface area contributed by atoms with Gasteiger partial charge in [-0.25, -0.2) is 17.9 Å². The van der Waals surface area contributed by atoms with Crippen molar-refractivity contribution in [2.75, 3.05) is 6.54 Å². The van der Waals surface area contributed by atoms with Crippen LogP contribution in [0.4, 0.5) is 4.79 Å². The number of amides is 3. The Kier molecular flexibility index (Phi) is 17.7. The van der Waals surface area contributed by atoms with Gasteiger partial charge in [0.25, 0.3) is 10.0 Å². The van der Waals surface area contributed by atoms with Gasteiger partial charge in [0.1, 0.15) is 30.0 Å². The average Bonchev–Trinajstić information content (AvgIpc) is 3.32. The van der Waals surface area contributed by atoms with Gasteiger partial charge >= 0.3 is 6.09 Å². The number of Topliss-reactive ketones (excluding diaryl/α,β-unsaturated/α-hetero) is 1. The third-order valence-electron chi connectivity index (χ3n) is 12.3. The summed E-state index contributed by atoms with van der Waals surface area (Å²) in [5.74, 6) is -0.974. The number of nitrogens with one attached hydrogen (secondary N) is 4. The molecule has 0 aliphatic carbocycles. The highest BCUT2D eigenvalue weighted by atomic mass is 32.2. The van der Waals surface area contributed by atoms with E-state index in [9.17, 15) is 27.6 Å². The van der Waals surface area contributed by atoms with Crippen molar-refractivity contribution in [1.82, 2.24) is 20.7 Å². The van der Waals surface area contributed by atoms with Crippen LogP contribution < -0.4 is 31.1 Å². The van der Waals surface area contributed by atoms with Crippen LogP contribution >= 0.6 is 0 Å². The van der Waals surface area contributed by atoms with E-state index in [1.807, 2.05) is 142 Å². The summed E-state index contributed by atoms with van der Waals surface area (Å²) in [4.78, 5) is 60.2. The molecule has 69 heavy (non-hydrogen) atoms. The number of rotatable bonds is 21. The second-order valence-corrected chi connectivity index (χ2v) is 19.8. The van der Waals surface area contributed by atoms with Crippen LogP contribution in [0.3, 0.4) is 0 Å². The molecule has 0 saturated carbocycles. The van der Waals surface area contributed by atoms with E-state index in [4.69, 9.17) is 15.2 Å². The Labute approximate surface area is 405 Å². The molecule has 0 bridgehead atoms. The van der Waals surface area contributed by atoms with Crippen LogP contribution in [0.25, 0.3) is 0 Å². The largest absolute Gasteiger partial charge is 0.487 e. The monoisotopic (exact) mass is 956 g/mol. The van der Waals surface area contributed by atoms with Crippen molar-refractivity contribution in [2.24, 2.45) is 10.7 Å². The third kappa shape index (κ3) is 14.7. The number of unbranched alkanes of at least 4 members (excludes halogenated alkanes) is 1. The van der Waals surface area contributed by atoms with E-state index >= 15 is 0 Å². The number of fused-ring (bicyclic) bond motifs is 1. The molecular weight excluding hydrogens is 893 g/mol. The Morgan fingerprint density at radius 2 is 1.19 bits per heavy atom. The lowest BCUT2D eigenvalue weighted by Gasteiger charge is -2.35. The third-order valence-corrected chi connectivity index (χ3v) is 13.9. The predicted molar refractivity (Wildman–Crippen MR) is 267 cm³/mol. The maximum absolute atomic E-state index is 14.4. The van der Waals surface area contributed by atoms with Gasteiger partial charge in [-0.3, -0.25) is 19.4 Å². The van der Waals surface area contributed by atoms with Gasteiger partial charge in [-0.05, 0) is 111 Å². The first-order chi connectivity index (χ1) is 33.0. The van der Waals surface area contributed by atoms with E-state index < -0.39 is 46.1 Å². The van der Waals surface area contributed by atoms with Crippen molar-refractivity contribution in [3.8, 4) is 5.75 Å². The number of hydrogen-bond acceptors (Lipinski definition) is 9. The molecule has 0 saturated heterocycles. The second-order valence-electron chi connectivity index (χ2n) is 18.1. The number of ketones is 1. The number of alkyl carbamates (subject to hydrolysis) is 1. The van der Waals surface area contributed by atoms with E-state index in [0.717, 1.165) is 45.6 Å². The van der Waals surface area contributed by atoms with Crippen molar-refractivity contribution in [3.05, 3.63) is 166 Å². The van der Waals surface area contributed by atoms with Crippen molar-refractivity contribution in [2.45, 2.75) is 121 Å². The molecule has 1 aliphatic heterocycles. The lowest BCUT2D eigenvalue weighted by molar-refractivity contribution is -0.132. The van der Waals surface area contributed by atoms with E-state index in [0.29, 0.717) is 30.4 Å². The maximum Gasteiger partial charge on any atom is 0.408 e. The first-order valence-electron chi connectivity index (χ1n) is 23.4. The van der Waals surface area contributed by atoms with E-state index in [2.05, 4.69) is 25.7 Å². The van der Waals surface area contributed by atoms with Gasteiger partial charge in [0.15, 0.2) is 5.78 Å². The normalized spacial score (nSPS) is 14.5. The summed E-state index contributed by atoms with van der Waals surface area (Å²) < 4.78 is 41.8. The summed E-state index contributed by atoms with van der Waals surface area (Å²) in [6.07, 6.45) is 1.92. The molecule has 15 heteroatoms. The van der Waals surface area contributed by atoms with Crippen LogP contribution in [-0.4, -0.2) is 68.3 Å². The number of carbonyl (C=O) groups is 4. The quantitative estimate of drug-likeness (QED) is 0.0290. The van der Waals surface area contributed by atoms with Crippen molar-refractivity contribution in [3.63, 3.8) is 0 Å². The summed E-state index contributed by atoms with van der Waals surface area (Å²) in [7, 11) is -4.11. The Bertz CT molecular complexity index is 2700. The fraction of sp³-hybridized carbons (Fsp3) is 0.352. The summed E-state index contributed by atoms with van der Waals surface area (Å²) in [5.41, 5.74) is 11.7. The maximum atomic E-state index is 14.4.